The van der Waals surface area contributed by atoms with Crippen LogP contribution in [0.15, 0.2) is 12.1 Å². The second kappa shape index (κ2) is 10.5. The van der Waals surface area contributed by atoms with E-state index in [1.807, 2.05) is 6.92 Å². The molecule has 0 saturated heterocycles. The maximum absolute atomic E-state index is 13.1. The molecule has 1 aromatic carbocycles. The second-order valence-electron chi connectivity index (χ2n) is 5.94. The lowest BCUT2D eigenvalue weighted by molar-refractivity contribution is -0.145. The Morgan fingerprint density at radius 3 is 2.04 bits per heavy atom. The molecule has 0 fully saturated rings. The van der Waals surface area contributed by atoms with Crippen molar-refractivity contribution in [2.24, 2.45) is 5.92 Å². The molecule has 1 unspecified atom stereocenters. The molecular weight excluding hydrogens is 338 g/mol. The van der Waals surface area contributed by atoms with Crippen LogP contribution < -0.4 is 14.2 Å². The van der Waals surface area contributed by atoms with Crippen LogP contribution in [0.4, 0.5) is 0 Å². The summed E-state index contributed by atoms with van der Waals surface area (Å²) in [6, 6.07) is 3.23. The maximum Gasteiger partial charge on any atom is 0.310 e. The number of ether oxygens (including phenoxy) is 4. The van der Waals surface area contributed by atoms with E-state index in [4.69, 9.17) is 18.9 Å². The number of methoxy groups -OCH3 is 4. The minimum Gasteiger partial charge on any atom is -0.493 e. The summed E-state index contributed by atoms with van der Waals surface area (Å²) in [6.45, 7) is 4.62. The molecule has 0 aromatic heterocycles. The molecule has 1 rings (SSSR count). The average molecular weight is 367 g/mol. The van der Waals surface area contributed by atoms with Crippen molar-refractivity contribution < 1.29 is 28.5 Å². The Morgan fingerprint density at radius 2 is 1.62 bits per heavy atom. The number of amides is 1. The molecule has 0 N–H and O–H groups in total. The van der Waals surface area contributed by atoms with Gasteiger partial charge in [-0.05, 0) is 18.6 Å². The molecule has 1 aromatic rings. The lowest BCUT2D eigenvalue weighted by Crippen LogP contribution is -2.38. The Kier molecular flexibility index (Phi) is 8.75. The van der Waals surface area contributed by atoms with Gasteiger partial charge in [-0.1, -0.05) is 20.3 Å². The second-order valence-corrected chi connectivity index (χ2v) is 5.94. The quantitative estimate of drug-likeness (QED) is 0.592. The van der Waals surface area contributed by atoms with Gasteiger partial charge in [0.15, 0.2) is 11.5 Å². The van der Waals surface area contributed by atoms with Gasteiger partial charge in [0.05, 0.1) is 34.4 Å². The number of carbonyl (C=O) groups excluding carboxylic acids is 2. The number of unbranched alkanes of at least 4 members (excludes halogenated alkanes) is 1. The van der Waals surface area contributed by atoms with Crippen molar-refractivity contribution in [3.05, 3.63) is 17.7 Å². The Hall–Kier alpha value is -2.44. The first-order valence-corrected chi connectivity index (χ1v) is 8.60. The number of esters is 1. The number of rotatable bonds is 10. The molecule has 0 heterocycles. The average Bonchev–Trinajstić information content (AvgIpc) is 2.68. The van der Waals surface area contributed by atoms with E-state index in [2.05, 4.69) is 0 Å². The zero-order valence-corrected chi connectivity index (χ0v) is 16.5. The number of hydrogen-bond donors (Lipinski definition) is 0. The van der Waals surface area contributed by atoms with Gasteiger partial charge in [0.2, 0.25) is 5.75 Å². The van der Waals surface area contributed by atoms with Crippen LogP contribution in [-0.2, 0) is 9.53 Å². The first-order valence-electron chi connectivity index (χ1n) is 8.60. The van der Waals surface area contributed by atoms with Crippen molar-refractivity contribution in [1.82, 2.24) is 4.90 Å². The van der Waals surface area contributed by atoms with Crippen molar-refractivity contribution >= 4 is 11.9 Å². The zero-order valence-electron chi connectivity index (χ0n) is 16.5. The van der Waals surface area contributed by atoms with Crippen LogP contribution in [0.3, 0.4) is 0 Å². The lowest BCUT2D eigenvalue weighted by atomic mass is 10.1. The summed E-state index contributed by atoms with van der Waals surface area (Å²) in [5, 5.41) is 0. The van der Waals surface area contributed by atoms with Crippen LogP contribution in [0, 0.1) is 5.92 Å². The number of hydrogen-bond acceptors (Lipinski definition) is 6. The number of carbonyl (C=O) groups is 2. The normalized spacial score (nSPS) is 11.5. The van der Waals surface area contributed by atoms with Crippen LogP contribution in [0.25, 0.3) is 0 Å². The summed E-state index contributed by atoms with van der Waals surface area (Å²) in [7, 11) is 5.85. The zero-order chi connectivity index (χ0) is 19.7. The van der Waals surface area contributed by atoms with E-state index in [1.54, 1.807) is 24.0 Å². The monoisotopic (exact) mass is 367 g/mol. The van der Waals surface area contributed by atoms with Crippen molar-refractivity contribution in [3.63, 3.8) is 0 Å². The molecule has 146 valence electrons. The summed E-state index contributed by atoms with van der Waals surface area (Å²) < 4.78 is 20.7. The predicted octanol–water partition coefficient (Wildman–Crippen LogP) is 2.76. The summed E-state index contributed by atoms with van der Waals surface area (Å²) in [5.74, 6) is 0.286. The lowest BCUT2D eigenvalue weighted by Gasteiger charge is -2.25. The molecule has 0 radical (unpaired) electrons. The van der Waals surface area contributed by atoms with Gasteiger partial charge in [-0.25, -0.2) is 0 Å². The van der Waals surface area contributed by atoms with E-state index < -0.39 is 5.92 Å². The van der Waals surface area contributed by atoms with Gasteiger partial charge >= 0.3 is 5.97 Å². The third kappa shape index (κ3) is 5.28. The molecule has 0 aliphatic rings. The van der Waals surface area contributed by atoms with Gasteiger partial charge < -0.3 is 23.8 Å². The van der Waals surface area contributed by atoms with Gasteiger partial charge in [-0.3, -0.25) is 9.59 Å². The molecule has 7 nitrogen and oxygen atoms in total. The van der Waals surface area contributed by atoms with E-state index in [9.17, 15) is 9.59 Å². The topological polar surface area (TPSA) is 74.3 Å². The third-order valence-electron chi connectivity index (χ3n) is 4.08. The van der Waals surface area contributed by atoms with Crippen LogP contribution >= 0.6 is 0 Å². The molecule has 0 saturated carbocycles. The molecule has 26 heavy (non-hydrogen) atoms. The van der Waals surface area contributed by atoms with Gasteiger partial charge in [0.25, 0.3) is 5.91 Å². The van der Waals surface area contributed by atoms with Gasteiger partial charge in [-0.15, -0.1) is 0 Å². The summed E-state index contributed by atoms with van der Waals surface area (Å²) >= 11 is 0. The van der Waals surface area contributed by atoms with Gasteiger partial charge in [0.1, 0.15) is 0 Å². The standard InChI is InChI=1S/C19H29NO6/c1-7-8-9-20(12-13(2)19(22)26-6)18(21)14-10-15(23-3)17(25-5)16(11-14)24-4/h10-11,13H,7-9,12H2,1-6H3. The highest BCUT2D eigenvalue weighted by molar-refractivity contribution is 5.96. The van der Waals surface area contributed by atoms with Crippen molar-refractivity contribution in [2.75, 3.05) is 41.5 Å². The minimum atomic E-state index is -0.414. The first kappa shape index (κ1) is 21.6. The van der Waals surface area contributed by atoms with E-state index in [0.717, 1.165) is 12.8 Å². The molecule has 0 spiro atoms. The molecule has 0 bridgehead atoms. The molecule has 0 aliphatic carbocycles. The summed E-state index contributed by atoms with van der Waals surface area (Å²) in [6.07, 6.45) is 1.77. The van der Waals surface area contributed by atoms with Crippen LogP contribution in [0.5, 0.6) is 17.2 Å². The van der Waals surface area contributed by atoms with Crippen LogP contribution in [-0.4, -0.2) is 58.3 Å². The van der Waals surface area contributed by atoms with Crippen molar-refractivity contribution in [3.8, 4) is 17.2 Å². The summed E-state index contributed by atoms with van der Waals surface area (Å²) in [4.78, 5) is 26.5. The largest absolute Gasteiger partial charge is 0.493 e. The van der Waals surface area contributed by atoms with Crippen LogP contribution in [0.1, 0.15) is 37.0 Å². The Labute approximate surface area is 155 Å². The highest BCUT2D eigenvalue weighted by atomic mass is 16.5. The Bertz CT molecular complexity index is 591. The highest BCUT2D eigenvalue weighted by Crippen LogP contribution is 2.38. The number of nitrogens with zero attached hydrogens (tertiary/aromatic N) is 1. The smallest absolute Gasteiger partial charge is 0.310 e. The van der Waals surface area contributed by atoms with E-state index in [0.29, 0.717) is 29.4 Å². The van der Waals surface area contributed by atoms with Crippen molar-refractivity contribution in [2.45, 2.75) is 26.7 Å². The molecule has 1 amide bonds. The number of benzene rings is 1. The maximum atomic E-state index is 13.1. The molecule has 0 aliphatic heterocycles. The fourth-order valence-electron chi connectivity index (χ4n) is 2.62. The van der Waals surface area contributed by atoms with E-state index in [-0.39, 0.29) is 18.4 Å². The molecule has 7 heteroatoms. The van der Waals surface area contributed by atoms with E-state index in [1.165, 1.54) is 28.4 Å². The van der Waals surface area contributed by atoms with E-state index >= 15 is 0 Å². The summed E-state index contributed by atoms with van der Waals surface area (Å²) in [5.41, 5.74) is 0.410. The van der Waals surface area contributed by atoms with Gasteiger partial charge in [-0.2, -0.15) is 0 Å². The van der Waals surface area contributed by atoms with Crippen LogP contribution in [0.2, 0.25) is 0 Å². The highest BCUT2D eigenvalue weighted by Gasteiger charge is 2.24. The molecular formula is C19H29NO6. The Morgan fingerprint density at radius 1 is 1.04 bits per heavy atom. The molecule has 1 atom stereocenters. The third-order valence-corrected chi connectivity index (χ3v) is 4.08. The minimum absolute atomic E-state index is 0.201. The van der Waals surface area contributed by atoms with Gasteiger partial charge in [0, 0.05) is 18.7 Å². The fourth-order valence-corrected chi connectivity index (χ4v) is 2.62. The van der Waals surface area contributed by atoms with Crippen molar-refractivity contribution in [1.29, 1.82) is 0 Å². The fraction of sp³-hybridized carbons (Fsp3) is 0.579. The first-order chi connectivity index (χ1) is 12.4. The SMILES string of the molecule is CCCCN(CC(C)C(=O)OC)C(=O)c1cc(OC)c(OC)c(OC)c1. The Balaban J connectivity index is 3.18. The predicted molar refractivity (Wildman–Crippen MR) is 98.1 cm³/mol.